The summed E-state index contributed by atoms with van der Waals surface area (Å²) in [5.74, 6) is 0.634. The van der Waals surface area contributed by atoms with Crippen LogP contribution in [-0.4, -0.2) is 29.8 Å². The second-order valence-corrected chi connectivity index (χ2v) is 5.59. The van der Waals surface area contributed by atoms with Crippen molar-refractivity contribution in [2.24, 2.45) is 5.10 Å². The monoisotopic (exact) mass is 339 g/mol. The predicted octanol–water partition coefficient (Wildman–Crippen LogP) is 1.54. The van der Waals surface area contributed by atoms with E-state index in [1.807, 2.05) is 49.4 Å². The molecule has 3 N–H and O–H groups in total. The fourth-order valence-electron chi connectivity index (χ4n) is 2.68. The molecule has 1 amide bonds. The Morgan fingerprint density at radius 3 is 2.96 bits per heavy atom. The first-order valence-corrected chi connectivity index (χ1v) is 8.24. The van der Waals surface area contributed by atoms with E-state index in [1.54, 1.807) is 6.20 Å². The highest BCUT2D eigenvalue weighted by molar-refractivity contribution is 5.84. The lowest BCUT2D eigenvalue weighted by Gasteiger charge is -2.15. The predicted molar refractivity (Wildman–Crippen MR) is 95.0 cm³/mol. The number of ether oxygens (including phenoxy) is 1. The van der Waals surface area contributed by atoms with Gasteiger partial charge in [-0.25, -0.2) is 16.3 Å². The average Bonchev–Trinajstić information content (AvgIpc) is 3.13. The molecule has 1 aromatic carbocycles. The second-order valence-electron chi connectivity index (χ2n) is 5.59. The minimum atomic E-state index is -0.374. The number of hydrogen-bond acceptors (Lipinski definition) is 6. The van der Waals surface area contributed by atoms with Gasteiger partial charge in [0.2, 0.25) is 0 Å². The minimum absolute atomic E-state index is 0.00160. The number of nitrogens with one attached hydrogen (secondary N) is 3. The third-order valence-corrected chi connectivity index (χ3v) is 3.87. The highest BCUT2D eigenvalue weighted by Gasteiger charge is 2.31. The summed E-state index contributed by atoms with van der Waals surface area (Å²) in [6.07, 6.45) is 3.79. The van der Waals surface area contributed by atoms with E-state index >= 15 is 0 Å². The lowest BCUT2D eigenvalue weighted by Crippen LogP contribution is -2.41. The number of hydrazine groups is 1. The van der Waals surface area contributed by atoms with Gasteiger partial charge in [-0.15, -0.1) is 0 Å². The molecule has 0 saturated carbocycles. The van der Waals surface area contributed by atoms with E-state index in [2.05, 4.69) is 26.4 Å². The van der Waals surface area contributed by atoms with Crippen LogP contribution >= 0.6 is 0 Å². The van der Waals surface area contributed by atoms with Gasteiger partial charge in [0.1, 0.15) is 11.8 Å². The molecule has 1 saturated heterocycles. The van der Waals surface area contributed by atoms with Gasteiger partial charge in [-0.1, -0.05) is 24.3 Å². The topological polar surface area (TPSA) is 87.6 Å². The van der Waals surface area contributed by atoms with Crippen LogP contribution in [0.2, 0.25) is 0 Å². The van der Waals surface area contributed by atoms with Gasteiger partial charge in [0, 0.05) is 11.8 Å². The van der Waals surface area contributed by atoms with Crippen LogP contribution < -0.4 is 21.0 Å². The number of amides is 1. The Morgan fingerprint density at radius 2 is 2.16 bits per heavy atom. The molecule has 130 valence electrons. The molecule has 7 heteroatoms. The van der Waals surface area contributed by atoms with Crippen LogP contribution in [0, 0.1) is 0 Å². The van der Waals surface area contributed by atoms with E-state index in [1.165, 1.54) is 6.21 Å². The first-order valence-electron chi connectivity index (χ1n) is 8.24. The van der Waals surface area contributed by atoms with E-state index in [0.717, 1.165) is 11.3 Å². The molecule has 3 rings (SSSR count). The summed E-state index contributed by atoms with van der Waals surface area (Å²) in [4.78, 5) is 16.4. The summed E-state index contributed by atoms with van der Waals surface area (Å²) in [7, 11) is 0. The zero-order chi connectivity index (χ0) is 17.5. The number of carbonyl (C=O) groups is 1. The molecule has 2 unspecified atom stereocenters. The summed E-state index contributed by atoms with van der Waals surface area (Å²) >= 11 is 0. The van der Waals surface area contributed by atoms with Crippen molar-refractivity contribution in [1.29, 1.82) is 0 Å². The molecule has 7 nitrogen and oxygen atoms in total. The maximum absolute atomic E-state index is 12.2. The van der Waals surface area contributed by atoms with Crippen molar-refractivity contribution in [2.45, 2.75) is 25.4 Å². The smallest absolute Gasteiger partial charge is 0.258 e. The lowest BCUT2D eigenvalue weighted by molar-refractivity contribution is -0.122. The van der Waals surface area contributed by atoms with Gasteiger partial charge < -0.3 is 4.74 Å². The Bertz CT molecular complexity index is 735. The number of pyridine rings is 1. The van der Waals surface area contributed by atoms with Crippen LogP contribution in [0.3, 0.4) is 0 Å². The first kappa shape index (κ1) is 17.1. The number of rotatable bonds is 6. The normalized spacial score (nSPS) is 19.9. The third-order valence-electron chi connectivity index (χ3n) is 3.87. The largest absolute Gasteiger partial charge is 0.494 e. The molecule has 0 radical (unpaired) electrons. The fraction of sp³-hybridized carbons (Fsp3) is 0.278. The van der Waals surface area contributed by atoms with Crippen molar-refractivity contribution in [3.63, 3.8) is 0 Å². The van der Waals surface area contributed by atoms with Gasteiger partial charge in [-0.05, 0) is 31.5 Å². The van der Waals surface area contributed by atoms with Crippen LogP contribution in [0.4, 0.5) is 0 Å². The van der Waals surface area contributed by atoms with E-state index in [9.17, 15) is 4.79 Å². The molecule has 0 aliphatic carbocycles. The van der Waals surface area contributed by atoms with Crippen LogP contribution in [0.25, 0.3) is 0 Å². The Labute approximate surface area is 146 Å². The molecular weight excluding hydrogens is 318 g/mol. The number of aromatic nitrogens is 1. The molecule has 2 heterocycles. The van der Waals surface area contributed by atoms with Crippen molar-refractivity contribution >= 4 is 12.1 Å². The first-order chi connectivity index (χ1) is 12.3. The maximum Gasteiger partial charge on any atom is 0.258 e. The molecule has 1 fully saturated rings. The number of hydrogen-bond donors (Lipinski definition) is 3. The average molecular weight is 339 g/mol. The van der Waals surface area contributed by atoms with Crippen molar-refractivity contribution in [3.8, 4) is 5.75 Å². The molecule has 1 aliphatic heterocycles. The van der Waals surface area contributed by atoms with E-state index in [4.69, 9.17) is 4.74 Å². The third kappa shape index (κ3) is 4.40. The van der Waals surface area contributed by atoms with Gasteiger partial charge in [0.15, 0.2) is 0 Å². The quantitative estimate of drug-likeness (QED) is 0.549. The van der Waals surface area contributed by atoms with Gasteiger partial charge in [-0.3, -0.25) is 9.78 Å². The highest BCUT2D eigenvalue weighted by atomic mass is 16.5. The Balaban J connectivity index is 1.57. The summed E-state index contributed by atoms with van der Waals surface area (Å²) < 4.78 is 5.66. The highest BCUT2D eigenvalue weighted by Crippen LogP contribution is 2.30. The zero-order valence-electron chi connectivity index (χ0n) is 14.0. The Hall–Kier alpha value is -2.77. The standard InChI is InChI=1S/C18H21N5O2/c1-2-25-17-9-4-3-8-14(17)15-11-16(22-21-15)18(24)23-20-12-13-7-5-6-10-19-13/h3-10,12,15-16,21-22H,2,11H2,1H3,(H,23,24)/b20-12+. The number of carbonyl (C=O) groups excluding carboxylic acids is 1. The van der Waals surface area contributed by atoms with Crippen LogP contribution in [0.5, 0.6) is 5.75 Å². The lowest BCUT2D eigenvalue weighted by atomic mass is 10.0. The van der Waals surface area contributed by atoms with Gasteiger partial charge in [0.25, 0.3) is 5.91 Å². The summed E-state index contributed by atoms with van der Waals surface area (Å²) in [6, 6.07) is 13.0. The van der Waals surface area contributed by atoms with E-state index in [-0.39, 0.29) is 18.0 Å². The molecule has 1 aromatic heterocycles. The van der Waals surface area contributed by atoms with Crippen molar-refractivity contribution in [1.82, 2.24) is 21.3 Å². The molecule has 0 spiro atoms. The summed E-state index contributed by atoms with van der Waals surface area (Å²) in [5.41, 5.74) is 10.4. The summed E-state index contributed by atoms with van der Waals surface area (Å²) in [5, 5.41) is 3.95. The SMILES string of the molecule is CCOc1ccccc1C1CC(C(=O)N/N=C/c2ccccn2)NN1. The number of benzene rings is 1. The summed E-state index contributed by atoms with van der Waals surface area (Å²) in [6.45, 7) is 2.55. The number of nitrogens with zero attached hydrogens (tertiary/aromatic N) is 2. The van der Waals surface area contributed by atoms with Gasteiger partial charge >= 0.3 is 0 Å². The second kappa shape index (κ2) is 8.36. The minimum Gasteiger partial charge on any atom is -0.494 e. The van der Waals surface area contributed by atoms with Gasteiger partial charge in [-0.2, -0.15) is 5.10 Å². The molecule has 25 heavy (non-hydrogen) atoms. The van der Waals surface area contributed by atoms with Crippen molar-refractivity contribution in [2.75, 3.05) is 6.61 Å². The van der Waals surface area contributed by atoms with E-state index < -0.39 is 0 Å². The van der Waals surface area contributed by atoms with Crippen LogP contribution in [0.15, 0.2) is 53.8 Å². The Kier molecular flexibility index (Phi) is 5.71. The van der Waals surface area contributed by atoms with Crippen molar-refractivity contribution < 1.29 is 9.53 Å². The number of para-hydroxylation sites is 1. The fourth-order valence-corrected chi connectivity index (χ4v) is 2.68. The zero-order valence-corrected chi connectivity index (χ0v) is 14.0. The molecule has 1 aliphatic rings. The molecule has 2 aromatic rings. The molecular formula is C18H21N5O2. The number of hydrazone groups is 1. The van der Waals surface area contributed by atoms with Crippen LogP contribution in [0.1, 0.15) is 30.6 Å². The van der Waals surface area contributed by atoms with Crippen molar-refractivity contribution in [3.05, 3.63) is 59.9 Å². The van der Waals surface area contributed by atoms with Gasteiger partial charge in [0.05, 0.1) is 24.6 Å². The van der Waals surface area contributed by atoms with E-state index in [0.29, 0.717) is 18.7 Å². The van der Waals surface area contributed by atoms with Crippen LogP contribution in [-0.2, 0) is 4.79 Å². The molecule has 0 bridgehead atoms. The maximum atomic E-state index is 12.2. The molecule has 2 atom stereocenters. The Morgan fingerprint density at radius 1 is 1.32 bits per heavy atom.